The average molecular weight is 272 g/mol. The first-order valence-electron chi connectivity index (χ1n) is 6.90. The predicted octanol–water partition coefficient (Wildman–Crippen LogP) is 3.75. The van der Waals surface area contributed by atoms with Gasteiger partial charge >= 0.3 is 0 Å². The lowest BCUT2D eigenvalue weighted by Crippen LogP contribution is -2.26. The predicted molar refractivity (Wildman–Crippen MR) is 83.1 cm³/mol. The van der Waals surface area contributed by atoms with Crippen LogP contribution in [0.2, 0.25) is 0 Å². The molecule has 3 heteroatoms. The summed E-state index contributed by atoms with van der Waals surface area (Å²) in [5.74, 6) is 0.636. The molecule has 2 heterocycles. The minimum Gasteiger partial charge on any atom is -0.385 e. The van der Waals surface area contributed by atoms with Crippen LogP contribution in [0.15, 0.2) is 35.0 Å². The van der Waals surface area contributed by atoms with E-state index < -0.39 is 0 Å². The molecule has 1 aromatic carbocycles. The number of fused-ring (bicyclic) bond motifs is 1. The lowest BCUT2D eigenvalue weighted by atomic mass is 9.91. The van der Waals surface area contributed by atoms with Gasteiger partial charge < -0.3 is 10.6 Å². The number of para-hydroxylation sites is 1. The third kappa shape index (κ3) is 2.82. The maximum atomic E-state index is 3.62. The number of nitrogens with one attached hydrogen (secondary N) is 2. The Hall–Kier alpha value is -1.32. The van der Waals surface area contributed by atoms with Crippen molar-refractivity contribution in [3.8, 4) is 0 Å². The second-order valence-electron chi connectivity index (χ2n) is 5.21. The molecule has 0 saturated carbocycles. The summed E-state index contributed by atoms with van der Waals surface area (Å²) >= 11 is 1.79. The first-order valence-corrected chi connectivity index (χ1v) is 7.84. The third-order valence-corrected chi connectivity index (χ3v) is 4.79. The average Bonchev–Trinajstić information content (AvgIpc) is 2.85. The largest absolute Gasteiger partial charge is 0.385 e. The van der Waals surface area contributed by atoms with Gasteiger partial charge in [-0.2, -0.15) is 11.3 Å². The molecule has 1 unspecified atom stereocenters. The summed E-state index contributed by atoms with van der Waals surface area (Å²) in [5, 5.41) is 11.6. The molecule has 1 aliphatic heterocycles. The fourth-order valence-corrected chi connectivity index (χ4v) is 3.57. The zero-order valence-electron chi connectivity index (χ0n) is 11.3. The Morgan fingerprint density at radius 1 is 1.32 bits per heavy atom. The number of hydrogen-bond acceptors (Lipinski definition) is 3. The molecule has 0 saturated heterocycles. The van der Waals surface area contributed by atoms with Gasteiger partial charge in [0, 0.05) is 31.2 Å². The van der Waals surface area contributed by atoms with Gasteiger partial charge in [-0.05, 0) is 46.9 Å². The van der Waals surface area contributed by atoms with Gasteiger partial charge in [0.05, 0.1) is 0 Å². The number of benzene rings is 1. The minimum absolute atomic E-state index is 0.636. The van der Waals surface area contributed by atoms with Crippen LogP contribution < -0.4 is 10.6 Å². The molecule has 0 spiro atoms. The van der Waals surface area contributed by atoms with E-state index in [0.717, 1.165) is 19.6 Å². The summed E-state index contributed by atoms with van der Waals surface area (Å²) in [7, 11) is 0. The Balaban J connectivity index is 1.61. The van der Waals surface area contributed by atoms with Gasteiger partial charge in [0.2, 0.25) is 0 Å². The van der Waals surface area contributed by atoms with Crippen LogP contribution in [0.1, 0.15) is 29.0 Å². The Bertz CT molecular complexity index is 547. The molecule has 0 radical (unpaired) electrons. The van der Waals surface area contributed by atoms with Crippen molar-refractivity contribution < 1.29 is 0 Å². The molecular weight excluding hydrogens is 252 g/mol. The summed E-state index contributed by atoms with van der Waals surface area (Å²) in [6.45, 7) is 5.32. The van der Waals surface area contributed by atoms with Crippen molar-refractivity contribution in [2.45, 2.75) is 25.8 Å². The second-order valence-corrected chi connectivity index (χ2v) is 5.95. The smallest absolute Gasteiger partial charge is 0.0376 e. The number of aryl methyl sites for hydroxylation is 1. The van der Waals surface area contributed by atoms with Crippen molar-refractivity contribution in [1.29, 1.82) is 0 Å². The number of rotatable bonds is 4. The van der Waals surface area contributed by atoms with Crippen molar-refractivity contribution in [3.05, 3.63) is 51.7 Å². The molecule has 3 rings (SSSR count). The van der Waals surface area contributed by atoms with E-state index in [4.69, 9.17) is 0 Å². The van der Waals surface area contributed by atoms with E-state index in [0.29, 0.717) is 5.92 Å². The highest BCUT2D eigenvalue weighted by Crippen LogP contribution is 2.30. The molecule has 0 bridgehead atoms. The molecule has 2 nitrogen and oxygen atoms in total. The van der Waals surface area contributed by atoms with E-state index in [-0.39, 0.29) is 0 Å². The summed E-state index contributed by atoms with van der Waals surface area (Å²) in [6.07, 6.45) is 1.21. The van der Waals surface area contributed by atoms with Crippen LogP contribution >= 0.6 is 11.3 Å². The SMILES string of the molecule is Cc1cscc1CNCC1CCNc2ccccc21. The van der Waals surface area contributed by atoms with E-state index in [2.05, 4.69) is 52.6 Å². The number of anilines is 1. The first-order chi connectivity index (χ1) is 9.34. The highest BCUT2D eigenvalue weighted by Gasteiger charge is 2.18. The first kappa shape index (κ1) is 12.7. The standard InChI is InChI=1S/C16H20N2S/c1-12-10-19-11-14(12)9-17-8-13-6-7-18-16-5-3-2-4-15(13)16/h2-5,10-11,13,17-18H,6-9H2,1H3. The zero-order valence-corrected chi connectivity index (χ0v) is 12.1. The lowest BCUT2D eigenvalue weighted by Gasteiger charge is -2.27. The summed E-state index contributed by atoms with van der Waals surface area (Å²) in [5.41, 5.74) is 5.62. The van der Waals surface area contributed by atoms with Crippen molar-refractivity contribution in [2.75, 3.05) is 18.4 Å². The van der Waals surface area contributed by atoms with E-state index in [1.54, 1.807) is 11.3 Å². The highest BCUT2D eigenvalue weighted by atomic mass is 32.1. The van der Waals surface area contributed by atoms with Gasteiger partial charge in [-0.3, -0.25) is 0 Å². The van der Waals surface area contributed by atoms with Crippen molar-refractivity contribution in [2.24, 2.45) is 0 Å². The van der Waals surface area contributed by atoms with Crippen LogP contribution in [0.25, 0.3) is 0 Å². The Labute approximate surface area is 118 Å². The van der Waals surface area contributed by atoms with Crippen LogP contribution in [0, 0.1) is 6.92 Å². The zero-order chi connectivity index (χ0) is 13.1. The third-order valence-electron chi connectivity index (χ3n) is 3.88. The van der Waals surface area contributed by atoms with Crippen LogP contribution in [0.3, 0.4) is 0 Å². The Kier molecular flexibility index (Phi) is 3.85. The van der Waals surface area contributed by atoms with Gasteiger partial charge in [0.1, 0.15) is 0 Å². The summed E-state index contributed by atoms with van der Waals surface area (Å²) in [6, 6.07) is 8.69. The second kappa shape index (κ2) is 5.76. The molecule has 19 heavy (non-hydrogen) atoms. The van der Waals surface area contributed by atoms with Crippen molar-refractivity contribution >= 4 is 17.0 Å². The quantitative estimate of drug-likeness (QED) is 0.886. The maximum Gasteiger partial charge on any atom is 0.0376 e. The molecule has 2 N–H and O–H groups in total. The van der Waals surface area contributed by atoms with Crippen LogP contribution in [0.4, 0.5) is 5.69 Å². The van der Waals surface area contributed by atoms with E-state index in [1.807, 2.05) is 0 Å². The van der Waals surface area contributed by atoms with Crippen molar-refractivity contribution in [3.63, 3.8) is 0 Å². The lowest BCUT2D eigenvalue weighted by molar-refractivity contribution is 0.551. The van der Waals surface area contributed by atoms with Gasteiger partial charge in [-0.25, -0.2) is 0 Å². The van der Waals surface area contributed by atoms with Gasteiger partial charge in [0.25, 0.3) is 0 Å². The van der Waals surface area contributed by atoms with E-state index >= 15 is 0 Å². The molecule has 1 aromatic heterocycles. The summed E-state index contributed by atoms with van der Waals surface area (Å²) < 4.78 is 0. The molecule has 1 aliphatic rings. The van der Waals surface area contributed by atoms with Crippen LogP contribution in [0.5, 0.6) is 0 Å². The molecular formula is C16H20N2S. The summed E-state index contributed by atoms with van der Waals surface area (Å²) in [4.78, 5) is 0. The van der Waals surface area contributed by atoms with Crippen molar-refractivity contribution in [1.82, 2.24) is 5.32 Å². The molecule has 0 amide bonds. The van der Waals surface area contributed by atoms with Gasteiger partial charge in [-0.1, -0.05) is 18.2 Å². The van der Waals surface area contributed by atoms with E-state index in [9.17, 15) is 0 Å². The normalized spacial score (nSPS) is 17.8. The number of hydrogen-bond donors (Lipinski definition) is 2. The molecule has 1 atom stereocenters. The highest BCUT2D eigenvalue weighted by molar-refractivity contribution is 7.08. The van der Waals surface area contributed by atoms with Crippen LogP contribution in [-0.2, 0) is 6.54 Å². The topological polar surface area (TPSA) is 24.1 Å². The van der Waals surface area contributed by atoms with Gasteiger partial charge in [-0.15, -0.1) is 0 Å². The van der Waals surface area contributed by atoms with E-state index in [1.165, 1.54) is 28.8 Å². The molecule has 100 valence electrons. The fraction of sp³-hybridized carbons (Fsp3) is 0.375. The fourth-order valence-electron chi connectivity index (χ4n) is 2.71. The molecule has 0 fully saturated rings. The molecule has 2 aromatic rings. The van der Waals surface area contributed by atoms with Gasteiger partial charge in [0.15, 0.2) is 0 Å². The molecule has 0 aliphatic carbocycles. The Morgan fingerprint density at radius 3 is 3.05 bits per heavy atom. The monoisotopic (exact) mass is 272 g/mol. The minimum atomic E-state index is 0.636. The van der Waals surface area contributed by atoms with Crippen LogP contribution in [-0.4, -0.2) is 13.1 Å². The Morgan fingerprint density at radius 2 is 2.21 bits per heavy atom. The maximum absolute atomic E-state index is 3.62. The number of thiophene rings is 1.